The van der Waals surface area contributed by atoms with Crippen molar-refractivity contribution in [3.63, 3.8) is 0 Å². The highest BCUT2D eigenvalue weighted by molar-refractivity contribution is 5.98. The number of likely N-dealkylation sites (N-methyl/N-ethyl adjacent to an activating group) is 1. The SMILES string of the molecule is C[C@H](O)[C@@H](NC(=O)C1=C[C@H]2OC(c3ccccc3)(c3ccccc3)O[C@H]2[C@H](OC(=O)c2ccc(C=CC(=O)N(C)C)cc2)C1)C(=O)NCCO. The zero-order valence-corrected chi connectivity index (χ0v) is 28.0. The van der Waals surface area contributed by atoms with E-state index in [2.05, 4.69) is 10.6 Å². The van der Waals surface area contributed by atoms with E-state index in [1.165, 1.54) is 17.9 Å². The molecule has 2 aliphatic rings. The first kappa shape index (κ1) is 36.1. The van der Waals surface area contributed by atoms with Crippen molar-refractivity contribution >= 4 is 29.8 Å². The minimum atomic E-state index is -1.41. The standard InChI is InChI=1S/C38H41N3O9/c1-24(43)33(36(46)39-20-21-42)40-35(45)27-22-30(48-37(47)26-17-14-25(15-18-26)16-19-32(44)41(2)3)34-31(23-27)49-38(50-34,28-10-6-4-7-11-28)29-12-8-5-9-13-29/h4-19,23-24,30-31,33-34,42-43H,20-22H2,1-3H3,(H,39,46)(H,40,45)/t24-,30+,31+,33+,34-/m0/s1. The molecular weight excluding hydrogens is 642 g/mol. The summed E-state index contributed by atoms with van der Waals surface area (Å²) in [5, 5.41) is 24.5. The van der Waals surface area contributed by atoms with E-state index in [0.717, 1.165) is 0 Å². The lowest BCUT2D eigenvalue weighted by molar-refractivity contribution is -0.157. The van der Waals surface area contributed by atoms with Crippen LogP contribution >= 0.6 is 0 Å². The van der Waals surface area contributed by atoms with E-state index in [1.54, 1.807) is 50.5 Å². The summed E-state index contributed by atoms with van der Waals surface area (Å²) in [6, 6.07) is 23.8. The lowest BCUT2D eigenvalue weighted by Gasteiger charge is -2.31. The van der Waals surface area contributed by atoms with Crippen LogP contribution in [-0.2, 0) is 34.4 Å². The summed E-state index contributed by atoms with van der Waals surface area (Å²) < 4.78 is 19.5. The third kappa shape index (κ3) is 8.17. The highest BCUT2D eigenvalue weighted by Crippen LogP contribution is 2.47. The minimum absolute atomic E-state index is 0.0554. The molecular formula is C38H41N3O9. The molecule has 12 heteroatoms. The molecule has 0 spiro atoms. The third-order valence-corrected chi connectivity index (χ3v) is 8.41. The van der Waals surface area contributed by atoms with Crippen LogP contribution in [0.15, 0.2) is 103 Å². The summed E-state index contributed by atoms with van der Waals surface area (Å²) in [6.07, 6.45) is 0.623. The van der Waals surface area contributed by atoms with E-state index < -0.39 is 54.0 Å². The maximum absolute atomic E-state index is 13.7. The summed E-state index contributed by atoms with van der Waals surface area (Å²) in [7, 11) is 3.30. The zero-order valence-electron chi connectivity index (χ0n) is 28.0. The van der Waals surface area contributed by atoms with Crippen LogP contribution in [0.2, 0.25) is 0 Å². The van der Waals surface area contributed by atoms with Crippen LogP contribution in [0.3, 0.4) is 0 Å². The molecule has 5 atom stereocenters. The van der Waals surface area contributed by atoms with Gasteiger partial charge in [0.15, 0.2) is 0 Å². The van der Waals surface area contributed by atoms with Crippen LogP contribution in [-0.4, -0.2) is 96.5 Å². The highest BCUT2D eigenvalue weighted by atomic mass is 16.8. The van der Waals surface area contributed by atoms with Gasteiger partial charge in [-0.25, -0.2) is 4.79 Å². The average Bonchev–Trinajstić information content (AvgIpc) is 3.54. The normalized spacial score (nSPS) is 20.6. The number of esters is 1. The van der Waals surface area contributed by atoms with Crippen molar-refractivity contribution in [2.75, 3.05) is 27.2 Å². The fraction of sp³-hybridized carbons (Fsp3) is 0.316. The number of fused-ring (bicyclic) bond motifs is 1. The topological polar surface area (TPSA) is 164 Å². The van der Waals surface area contributed by atoms with Crippen molar-refractivity contribution in [1.29, 1.82) is 0 Å². The van der Waals surface area contributed by atoms with Crippen LogP contribution in [0.25, 0.3) is 6.08 Å². The fourth-order valence-electron chi connectivity index (χ4n) is 5.77. The smallest absolute Gasteiger partial charge is 0.338 e. The molecule has 0 radical (unpaired) electrons. The molecule has 1 saturated heterocycles. The van der Waals surface area contributed by atoms with Gasteiger partial charge >= 0.3 is 5.97 Å². The summed E-state index contributed by atoms with van der Waals surface area (Å²) in [4.78, 5) is 53.3. The molecule has 1 aliphatic carbocycles. The van der Waals surface area contributed by atoms with E-state index in [1.807, 2.05) is 60.7 Å². The molecule has 0 bridgehead atoms. The molecule has 50 heavy (non-hydrogen) atoms. The largest absolute Gasteiger partial charge is 0.456 e. The number of ether oxygens (including phenoxy) is 3. The molecule has 1 aliphatic heterocycles. The maximum atomic E-state index is 13.7. The molecule has 0 saturated carbocycles. The Kier molecular flexibility index (Phi) is 11.6. The maximum Gasteiger partial charge on any atom is 0.338 e. The Morgan fingerprint density at radius 1 is 0.960 bits per heavy atom. The number of carbonyl (C=O) groups is 4. The van der Waals surface area contributed by atoms with Crippen LogP contribution in [0.5, 0.6) is 0 Å². The number of amides is 3. The number of aliphatic hydroxyl groups is 2. The lowest BCUT2D eigenvalue weighted by Crippen LogP contribution is -2.54. The second-order valence-electron chi connectivity index (χ2n) is 12.2. The predicted molar refractivity (Wildman–Crippen MR) is 183 cm³/mol. The van der Waals surface area contributed by atoms with Crippen molar-refractivity contribution in [2.45, 2.75) is 49.6 Å². The van der Waals surface area contributed by atoms with E-state index in [0.29, 0.717) is 16.7 Å². The number of benzene rings is 3. The van der Waals surface area contributed by atoms with E-state index >= 15 is 0 Å². The Hall–Kier alpha value is -5.14. The van der Waals surface area contributed by atoms with Gasteiger partial charge < -0.3 is 40.0 Å². The molecule has 12 nitrogen and oxygen atoms in total. The average molecular weight is 684 g/mol. The number of carbonyl (C=O) groups excluding carboxylic acids is 4. The van der Waals surface area contributed by atoms with Crippen molar-refractivity contribution < 1.29 is 43.6 Å². The quantitative estimate of drug-likeness (QED) is 0.166. The zero-order chi connectivity index (χ0) is 35.8. The first-order valence-corrected chi connectivity index (χ1v) is 16.3. The predicted octanol–water partition coefficient (Wildman–Crippen LogP) is 2.30. The molecule has 262 valence electrons. The number of rotatable bonds is 12. The number of hydrogen-bond acceptors (Lipinski definition) is 9. The van der Waals surface area contributed by atoms with E-state index in [4.69, 9.17) is 19.3 Å². The molecule has 1 fully saturated rings. The summed E-state index contributed by atoms with van der Waals surface area (Å²) >= 11 is 0. The van der Waals surface area contributed by atoms with Crippen molar-refractivity contribution in [2.24, 2.45) is 0 Å². The van der Waals surface area contributed by atoms with Crippen LogP contribution in [0, 0.1) is 0 Å². The van der Waals surface area contributed by atoms with Gasteiger partial charge in [0, 0.05) is 49.8 Å². The highest BCUT2D eigenvalue weighted by Gasteiger charge is 2.55. The van der Waals surface area contributed by atoms with Gasteiger partial charge in [-0.15, -0.1) is 0 Å². The van der Waals surface area contributed by atoms with Crippen LogP contribution < -0.4 is 10.6 Å². The second-order valence-corrected chi connectivity index (χ2v) is 12.2. The van der Waals surface area contributed by atoms with E-state index in [-0.39, 0.29) is 36.6 Å². The lowest BCUT2D eigenvalue weighted by atomic mass is 9.91. The Labute approximate surface area is 290 Å². The molecule has 4 N–H and O–H groups in total. The Morgan fingerprint density at radius 2 is 1.58 bits per heavy atom. The molecule has 5 rings (SSSR count). The van der Waals surface area contributed by atoms with Gasteiger partial charge in [-0.2, -0.15) is 0 Å². The van der Waals surface area contributed by atoms with Gasteiger partial charge in [0.25, 0.3) is 0 Å². The number of nitrogens with one attached hydrogen (secondary N) is 2. The van der Waals surface area contributed by atoms with Gasteiger partial charge in [-0.05, 0) is 36.8 Å². The fourth-order valence-corrected chi connectivity index (χ4v) is 5.77. The summed E-state index contributed by atoms with van der Waals surface area (Å²) in [6.45, 7) is 0.994. The number of hydrogen-bond donors (Lipinski definition) is 4. The Bertz CT molecular complexity index is 1680. The van der Waals surface area contributed by atoms with Gasteiger partial charge in [0.2, 0.25) is 23.5 Å². The van der Waals surface area contributed by atoms with Crippen molar-refractivity contribution in [3.05, 3.63) is 125 Å². The summed E-state index contributed by atoms with van der Waals surface area (Å²) in [5.74, 6) is -3.59. The molecule has 1 heterocycles. The van der Waals surface area contributed by atoms with Crippen LogP contribution in [0.1, 0.15) is 40.4 Å². The second kappa shape index (κ2) is 16.0. The van der Waals surface area contributed by atoms with Gasteiger partial charge in [0.05, 0.1) is 18.3 Å². The van der Waals surface area contributed by atoms with Gasteiger partial charge in [0.1, 0.15) is 24.4 Å². The first-order valence-electron chi connectivity index (χ1n) is 16.3. The van der Waals surface area contributed by atoms with Crippen LogP contribution in [0.4, 0.5) is 0 Å². The molecule has 0 aromatic heterocycles. The number of nitrogens with zero attached hydrogens (tertiary/aromatic N) is 1. The minimum Gasteiger partial charge on any atom is -0.456 e. The van der Waals surface area contributed by atoms with Gasteiger partial charge in [-0.3, -0.25) is 14.4 Å². The van der Waals surface area contributed by atoms with E-state index in [9.17, 15) is 24.3 Å². The molecule has 3 amide bonds. The summed E-state index contributed by atoms with van der Waals surface area (Å²) in [5.41, 5.74) is 2.49. The Morgan fingerprint density at radius 3 is 2.14 bits per heavy atom. The molecule has 3 aromatic rings. The third-order valence-electron chi connectivity index (χ3n) is 8.41. The van der Waals surface area contributed by atoms with Gasteiger partial charge in [-0.1, -0.05) is 72.8 Å². The van der Waals surface area contributed by atoms with Crippen molar-refractivity contribution in [3.8, 4) is 0 Å². The number of aliphatic hydroxyl groups excluding tert-OH is 2. The Balaban J connectivity index is 1.46. The first-order chi connectivity index (χ1) is 24.0. The molecule has 0 unspecified atom stereocenters. The molecule has 3 aromatic carbocycles. The monoisotopic (exact) mass is 683 g/mol. The van der Waals surface area contributed by atoms with Crippen molar-refractivity contribution in [1.82, 2.24) is 15.5 Å².